The van der Waals surface area contributed by atoms with E-state index in [2.05, 4.69) is 0 Å². The summed E-state index contributed by atoms with van der Waals surface area (Å²) in [5.74, 6) is -1.05. The normalized spacial score (nSPS) is 18.7. The minimum atomic E-state index is -1.16. The second-order valence-electron chi connectivity index (χ2n) is 10.8. The number of fused-ring (bicyclic) bond motifs is 1. The third-order valence-electron chi connectivity index (χ3n) is 6.99. The molecule has 2 aromatic carbocycles. The number of ether oxygens (including phenoxy) is 1. The van der Waals surface area contributed by atoms with Gasteiger partial charge >= 0.3 is 12.0 Å². The summed E-state index contributed by atoms with van der Waals surface area (Å²) in [4.78, 5) is 29.0. The largest absolute Gasteiger partial charge is 0.479 e. The standard InChI is InChI=1S/C28H35FN2O4/c1-16-7-9-19(10-8-16)23-17(2)21-14-31(27(34)30-12-11-20(29)13-30)15-22(21)18(3)24(23)25(26(32)33)35-28(4,5)6/h7-10,20,25H,11-15H2,1-6H3,(H,32,33)/t20-,25?/m1/s1. The molecule has 0 saturated carbocycles. The van der Waals surface area contributed by atoms with E-state index in [1.54, 1.807) is 9.80 Å². The van der Waals surface area contributed by atoms with Crippen molar-refractivity contribution in [2.45, 2.75) is 78.9 Å². The lowest BCUT2D eigenvalue weighted by molar-refractivity contribution is -0.160. The molecule has 7 heteroatoms. The predicted octanol–water partition coefficient (Wildman–Crippen LogP) is 5.70. The molecule has 2 aliphatic rings. The summed E-state index contributed by atoms with van der Waals surface area (Å²) >= 11 is 0. The van der Waals surface area contributed by atoms with Crippen LogP contribution in [-0.2, 0) is 22.6 Å². The van der Waals surface area contributed by atoms with Gasteiger partial charge < -0.3 is 19.6 Å². The molecule has 0 radical (unpaired) electrons. The molecule has 2 heterocycles. The van der Waals surface area contributed by atoms with Crippen LogP contribution >= 0.6 is 0 Å². The first kappa shape index (κ1) is 25.2. The van der Waals surface area contributed by atoms with Gasteiger partial charge in [-0.2, -0.15) is 0 Å². The molecule has 2 amide bonds. The number of alkyl halides is 1. The number of hydrogen-bond acceptors (Lipinski definition) is 3. The van der Waals surface area contributed by atoms with E-state index < -0.39 is 23.8 Å². The van der Waals surface area contributed by atoms with Crippen molar-refractivity contribution < 1.29 is 23.8 Å². The first-order valence-corrected chi connectivity index (χ1v) is 12.2. The lowest BCUT2D eigenvalue weighted by Crippen LogP contribution is -2.39. The number of nitrogens with zero attached hydrogens (tertiary/aromatic N) is 2. The van der Waals surface area contributed by atoms with E-state index in [0.29, 0.717) is 31.6 Å². The van der Waals surface area contributed by atoms with Gasteiger partial charge in [0.25, 0.3) is 0 Å². The maximum absolute atomic E-state index is 13.8. The lowest BCUT2D eigenvalue weighted by Gasteiger charge is -2.29. The molecule has 2 atom stereocenters. The van der Waals surface area contributed by atoms with Gasteiger partial charge in [-0.15, -0.1) is 0 Å². The van der Waals surface area contributed by atoms with Gasteiger partial charge in [0.15, 0.2) is 6.10 Å². The molecule has 0 aliphatic carbocycles. The summed E-state index contributed by atoms with van der Waals surface area (Å²) in [6, 6.07) is 7.87. The fourth-order valence-electron chi connectivity index (χ4n) is 5.25. The van der Waals surface area contributed by atoms with Gasteiger partial charge in [-0.05, 0) is 81.3 Å². The van der Waals surface area contributed by atoms with E-state index in [-0.39, 0.29) is 12.6 Å². The summed E-state index contributed by atoms with van der Waals surface area (Å²) in [5, 5.41) is 10.2. The summed E-state index contributed by atoms with van der Waals surface area (Å²) in [5.41, 5.74) is 6.61. The molecule has 1 unspecified atom stereocenters. The third-order valence-corrected chi connectivity index (χ3v) is 6.99. The molecule has 6 nitrogen and oxygen atoms in total. The Hall–Kier alpha value is -2.93. The van der Waals surface area contributed by atoms with Crippen LogP contribution in [-0.4, -0.2) is 51.8 Å². The third kappa shape index (κ3) is 4.92. The van der Waals surface area contributed by atoms with Crippen LogP contribution in [0.1, 0.15) is 66.7 Å². The van der Waals surface area contributed by atoms with Gasteiger partial charge in [0.1, 0.15) is 6.17 Å². The highest BCUT2D eigenvalue weighted by Gasteiger charge is 2.38. The second-order valence-corrected chi connectivity index (χ2v) is 10.8. The van der Waals surface area contributed by atoms with E-state index in [9.17, 15) is 19.1 Å². The number of carboxylic acid groups (broad SMARTS) is 1. The van der Waals surface area contributed by atoms with Crippen LogP contribution in [0, 0.1) is 20.8 Å². The van der Waals surface area contributed by atoms with Crippen molar-refractivity contribution >= 4 is 12.0 Å². The molecule has 4 rings (SSSR count). The summed E-state index contributed by atoms with van der Waals surface area (Å²) in [6.07, 6.45) is -1.76. The number of likely N-dealkylation sites (tertiary alicyclic amines) is 1. The van der Waals surface area contributed by atoms with Crippen LogP contribution in [0.15, 0.2) is 24.3 Å². The van der Waals surface area contributed by atoms with Crippen LogP contribution < -0.4 is 0 Å². The fraction of sp³-hybridized carbons (Fsp3) is 0.500. The Kier molecular flexibility index (Phi) is 6.66. The zero-order valence-electron chi connectivity index (χ0n) is 21.4. The van der Waals surface area contributed by atoms with Crippen molar-refractivity contribution in [3.63, 3.8) is 0 Å². The van der Waals surface area contributed by atoms with Gasteiger partial charge in [-0.25, -0.2) is 14.0 Å². The Bertz CT molecular complexity index is 1150. The zero-order chi connectivity index (χ0) is 25.7. The Morgan fingerprint density at radius 3 is 2.14 bits per heavy atom. The number of amides is 2. The number of carbonyl (C=O) groups excluding carboxylic acids is 1. The van der Waals surface area contributed by atoms with Crippen molar-refractivity contribution in [1.29, 1.82) is 0 Å². The molecule has 0 aromatic heterocycles. The Balaban J connectivity index is 1.85. The molecule has 188 valence electrons. The predicted molar refractivity (Wildman–Crippen MR) is 133 cm³/mol. The molecule has 0 bridgehead atoms. The monoisotopic (exact) mass is 482 g/mol. The molecule has 0 spiro atoms. The Morgan fingerprint density at radius 1 is 1.03 bits per heavy atom. The lowest BCUT2D eigenvalue weighted by atomic mass is 9.83. The zero-order valence-corrected chi connectivity index (χ0v) is 21.4. The first-order chi connectivity index (χ1) is 16.4. The molecule has 1 N–H and O–H groups in total. The Morgan fingerprint density at radius 2 is 1.63 bits per heavy atom. The maximum Gasteiger partial charge on any atom is 0.337 e. The molecular weight excluding hydrogens is 447 g/mol. The number of rotatable bonds is 4. The Labute approximate surface area is 206 Å². The molecule has 2 aliphatic heterocycles. The van der Waals surface area contributed by atoms with E-state index >= 15 is 0 Å². The average molecular weight is 483 g/mol. The van der Waals surface area contributed by atoms with Crippen molar-refractivity contribution in [3.05, 3.63) is 57.6 Å². The van der Waals surface area contributed by atoms with Crippen LogP contribution in [0.2, 0.25) is 0 Å². The smallest absolute Gasteiger partial charge is 0.337 e. The van der Waals surface area contributed by atoms with Crippen LogP contribution in [0.4, 0.5) is 9.18 Å². The molecule has 1 saturated heterocycles. The second kappa shape index (κ2) is 9.26. The number of carboxylic acids is 1. The quantitative estimate of drug-likeness (QED) is 0.607. The van der Waals surface area contributed by atoms with Crippen molar-refractivity contribution in [2.24, 2.45) is 0 Å². The fourth-order valence-corrected chi connectivity index (χ4v) is 5.25. The van der Waals surface area contributed by atoms with Crippen LogP contribution in [0.25, 0.3) is 11.1 Å². The number of carbonyl (C=O) groups is 2. The topological polar surface area (TPSA) is 70.1 Å². The van der Waals surface area contributed by atoms with E-state index in [0.717, 1.165) is 38.9 Å². The maximum atomic E-state index is 13.8. The highest BCUT2D eigenvalue weighted by molar-refractivity contribution is 5.85. The van der Waals surface area contributed by atoms with E-state index in [4.69, 9.17) is 4.74 Å². The number of aryl methyl sites for hydroxylation is 1. The number of halogens is 1. The number of aliphatic carboxylic acids is 1. The van der Waals surface area contributed by atoms with E-state index in [1.165, 1.54) is 0 Å². The molecular formula is C28H35FN2O4. The average Bonchev–Trinajstić information content (AvgIpc) is 3.41. The van der Waals surface area contributed by atoms with Crippen molar-refractivity contribution in [3.8, 4) is 11.1 Å². The van der Waals surface area contributed by atoms with Gasteiger partial charge in [0.05, 0.1) is 12.1 Å². The highest BCUT2D eigenvalue weighted by Crippen LogP contribution is 2.44. The van der Waals surface area contributed by atoms with Gasteiger partial charge in [-0.1, -0.05) is 29.8 Å². The minimum Gasteiger partial charge on any atom is -0.479 e. The number of hydrogen-bond donors (Lipinski definition) is 1. The number of benzene rings is 2. The van der Waals surface area contributed by atoms with Crippen molar-refractivity contribution in [2.75, 3.05) is 13.1 Å². The van der Waals surface area contributed by atoms with Gasteiger partial charge in [0.2, 0.25) is 0 Å². The summed E-state index contributed by atoms with van der Waals surface area (Å²) in [7, 11) is 0. The molecule has 35 heavy (non-hydrogen) atoms. The van der Waals surface area contributed by atoms with Gasteiger partial charge in [-0.3, -0.25) is 0 Å². The molecule has 2 aromatic rings. The summed E-state index contributed by atoms with van der Waals surface area (Å²) in [6.45, 7) is 12.8. The van der Waals surface area contributed by atoms with E-state index in [1.807, 2.05) is 65.8 Å². The van der Waals surface area contributed by atoms with Gasteiger partial charge in [0, 0.05) is 25.2 Å². The first-order valence-electron chi connectivity index (χ1n) is 12.2. The summed E-state index contributed by atoms with van der Waals surface area (Å²) < 4.78 is 19.9. The number of urea groups is 1. The highest BCUT2D eigenvalue weighted by atomic mass is 19.1. The van der Waals surface area contributed by atoms with Crippen LogP contribution in [0.5, 0.6) is 0 Å². The van der Waals surface area contributed by atoms with Crippen LogP contribution in [0.3, 0.4) is 0 Å². The van der Waals surface area contributed by atoms with Crippen molar-refractivity contribution in [1.82, 2.24) is 9.80 Å². The SMILES string of the molecule is Cc1ccc(-c2c(C)c3c(c(C)c2C(OC(C)(C)C)C(=O)O)CN(C(=O)N2CC[C@@H](F)C2)C3)cc1. The molecule has 1 fully saturated rings. The minimum absolute atomic E-state index is 0.129.